The van der Waals surface area contributed by atoms with E-state index in [4.69, 9.17) is 0 Å². The van der Waals surface area contributed by atoms with Gasteiger partial charge in [0.25, 0.3) is 0 Å². The smallest absolute Gasteiger partial charge is 0.00266 e. The lowest BCUT2D eigenvalue weighted by atomic mass is 9.77. The van der Waals surface area contributed by atoms with Crippen LogP contribution in [0.3, 0.4) is 0 Å². The van der Waals surface area contributed by atoms with Gasteiger partial charge in [0.05, 0.1) is 0 Å². The summed E-state index contributed by atoms with van der Waals surface area (Å²) in [5.74, 6) is 0.520. The summed E-state index contributed by atoms with van der Waals surface area (Å²) in [6, 6.07) is 9.41. The van der Waals surface area contributed by atoms with Crippen LogP contribution in [-0.2, 0) is 5.41 Å². The van der Waals surface area contributed by atoms with Gasteiger partial charge in [-0.25, -0.2) is 0 Å². The molecule has 0 N–H and O–H groups in total. The minimum Gasteiger partial charge on any atom is -0.0655 e. The van der Waals surface area contributed by atoms with Crippen molar-refractivity contribution in [3.8, 4) is 11.1 Å². The highest BCUT2D eigenvalue weighted by Crippen LogP contribution is 2.45. The molecule has 1 unspecified atom stereocenters. The van der Waals surface area contributed by atoms with E-state index in [2.05, 4.69) is 85.7 Å². The van der Waals surface area contributed by atoms with Crippen molar-refractivity contribution in [2.45, 2.75) is 66.7 Å². The van der Waals surface area contributed by atoms with Gasteiger partial charge in [-0.05, 0) is 66.5 Å². The molecule has 126 valence electrons. The fourth-order valence-electron chi connectivity index (χ4n) is 4.20. The SMILES string of the molecule is CC1=Cc2c(cc(C(C)(C)C)c(C)c2-c2cc(C)cc(C)c2)C1C. The highest BCUT2D eigenvalue weighted by Gasteiger charge is 2.28. The van der Waals surface area contributed by atoms with Gasteiger partial charge in [0, 0.05) is 5.92 Å². The average Bonchev–Trinajstić information content (AvgIpc) is 2.71. The van der Waals surface area contributed by atoms with Crippen LogP contribution < -0.4 is 0 Å². The molecule has 0 aliphatic heterocycles. The normalized spacial score (nSPS) is 17.0. The zero-order valence-electron chi connectivity index (χ0n) is 16.5. The highest BCUT2D eigenvalue weighted by molar-refractivity contribution is 5.85. The van der Waals surface area contributed by atoms with Crippen molar-refractivity contribution < 1.29 is 0 Å². The second-order valence-corrected chi connectivity index (χ2v) is 8.66. The topological polar surface area (TPSA) is 0 Å². The molecule has 1 aliphatic rings. The number of fused-ring (bicyclic) bond motifs is 1. The molecule has 0 heteroatoms. The molecule has 24 heavy (non-hydrogen) atoms. The van der Waals surface area contributed by atoms with Crippen molar-refractivity contribution in [1.29, 1.82) is 0 Å². The summed E-state index contributed by atoms with van der Waals surface area (Å²) in [6.07, 6.45) is 2.41. The molecule has 0 nitrogen and oxygen atoms in total. The molecule has 0 saturated heterocycles. The molecule has 3 rings (SSSR count). The van der Waals surface area contributed by atoms with Crippen molar-refractivity contribution in [2.24, 2.45) is 0 Å². The first kappa shape index (κ1) is 17.0. The van der Waals surface area contributed by atoms with E-state index in [1.54, 1.807) is 0 Å². The summed E-state index contributed by atoms with van der Waals surface area (Å²) in [5, 5.41) is 0. The highest BCUT2D eigenvalue weighted by atomic mass is 14.3. The van der Waals surface area contributed by atoms with Crippen LogP contribution in [0, 0.1) is 20.8 Å². The van der Waals surface area contributed by atoms with E-state index in [-0.39, 0.29) is 5.41 Å². The van der Waals surface area contributed by atoms with Crippen molar-refractivity contribution in [1.82, 2.24) is 0 Å². The van der Waals surface area contributed by atoms with Crippen LogP contribution in [0.25, 0.3) is 17.2 Å². The fraction of sp³-hybridized carbons (Fsp3) is 0.417. The molecule has 2 aromatic carbocycles. The van der Waals surface area contributed by atoms with Crippen LogP contribution in [0.15, 0.2) is 29.8 Å². The number of hydrogen-bond donors (Lipinski definition) is 0. The minimum atomic E-state index is 0.156. The summed E-state index contributed by atoms with van der Waals surface area (Å²) in [7, 11) is 0. The van der Waals surface area contributed by atoms with E-state index in [1.165, 1.54) is 50.1 Å². The van der Waals surface area contributed by atoms with E-state index >= 15 is 0 Å². The van der Waals surface area contributed by atoms with Gasteiger partial charge in [-0.1, -0.05) is 74.7 Å². The lowest BCUT2D eigenvalue weighted by Gasteiger charge is -2.27. The molecule has 0 heterocycles. The minimum absolute atomic E-state index is 0.156. The van der Waals surface area contributed by atoms with Crippen molar-refractivity contribution in [2.75, 3.05) is 0 Å². The summed E-state index contributed by atoms with van der Waals surface area (Å²) in [6.45, 7) is 18.3. The Balaban J connectivity index is 2.40. The third-order valence-electron chi connectivity index (χ3n) is 5.50. The van der Waals surface area contributed by atoms with E-state index < -0.39 is 0 Å². The maximum atomic E-state index is 2.47. The maximum absolute atomic E-state index is 2.47. The molecule has 1 aliphatic carbocycles. The third-order valence-corrected chi connectivity index (χ3v) is 5.50. The Morgan fingerprint density at radius 1 is 0.833 bits per heavy atom. The number of hydrogen-bond acceptors (Lipinski definition) is 0. The predicted molar refractivity (Wildman–Crippen MR) is 107 cm³/mol. The largest absolute Gasteiger partial charge is 0.0655 e. The van der Waals surface area contributed by atoms with Gasteiger partial charge in [-0.3, -0.25) is 0 Å². The quantitative estimate of drug-likeness (QED) is 0.526. The Hall–Kier alpha value is -1.82. The van der Waals surface area contributed by atoms with E-state index in [0.29, 0.717) is 5.92 Å². The van der Waals surface area contributed by atoms with Gasteiger partial charge in [-0.15, -0.1) is 0 Å². The van der Waals surface area contributed by atoms with E-state index in [9.17, 15) is 0 Å². The average molecular weight is 319 g/mol. The lowest BCUT2D eigenvalue weighted by Crippen LogP contribution is -2.15. The van der Waals surface area contributed by atoms with Crippen molar-refractivity contribution in [3.63, 3.8) is 0 Å². The first-order valence-corrected chi connectivity index (χ1v) is 9.04. The van der Waals surface area contributed by atoms with Crippen molar-refractivity contribution in [3.05, 3.63) is 63.2 Å². The van der Waals surface area contributed by atoms with Crippen LogP contribution in [0.1, 0.15) is 73.9 Å². The maximum Gasteiger partial charge on any atom is 0.00266 e. The Morgan fingerprint density at radius 3 is 1.96 bits per heavy atom. The van der Waals surface area contributed by atoms with Gasteiger partial charge < -0.3 is 0 Å². The Morgan fingerprint density at radius 2 is 1.42 bits per heavy atom. The molecule has 0 radical (unpaired) electrons. The lowest BCUT2D eigenvalue weighted by molar-refractivity contribution is 0.585. The molecule has 2 aromatic rings. The zero-order chi connectivity index (χ0) is 17.8. The van der Waals surface area contributed by atoms with Crippen molar-refractivity contribution >= 4 is 6.08 Å². The van der Waals surface area contributed by atoms with Crippen LogP contribution in [0.5, 0.6) is 0 Å². The summed E-state index contributed by atoms with van der Waals surface area (Å²) < 4.78 is 0. The van der Waals surface area contributed by atoms with Gasteiger partial charge in [0.15, 0.2) is 0 Å². The number of rotatable bonds is 1. The first-order valence-electron chi connectivity index (χ1n) is 9.04. The fourth-order valence-corrected chi connectivity index (χ4v) is 4.20. The van der Waals surface area contributed by atoms with E-state index in [1.807, 2.05) is 0 Å². The molecule has 0 amide bonds. The summed E-state index contributed by atoms with van der Waals surface area (Å²) in [5.41, 5.74) is 13.0. The monoisotopic (exact) mass is 318 g/mol. The Kier molecular flexibility index (Phi) is 3.98. The van der Waals surface area contributed by atoms with Gasteiger partial charge in [-0.2, -0.15) is 0 Å². The van der Waals surface area contributed by atoms with Gasteiger partial charge in [0.2, 0.25) is 0 Å². The molecule has 0 bridgehead atoms. The van der Waals surface area contributed by atoms with E-state index in [0.717, 1.165) is 0 Å². The third kappa shape index (κ3) is 2.73. The Bertz CT molecular complexity index is 821. The predicted octanol–water partition coefficient (Wildman–Crippen LogP) is 7.10. The Labute approximate surface area is 147 Å². The molecule has 1 atom stereocenters. The molecule has 0 aromatic heterocycles. The first-order chi connectivity index (χ1) is 11.1. The van der Waals surface area contributed by atoms with Gasteiger partial charge in [0.1, 0.15) is 0 Å². The molecule has 0 fully saturated rings. The van der Waals surface area contributed by atoms with Crippen LogP contribution in [-0.4, -0.2) is 0 Å². The molecular weight excluding hydrogens is 288 g/mol. The standard InChI is InChI=1S/C24H30/c1-14-9-15(2)11-19(10-14)23-18(5)22(24(6,7)8)13-20-17(4)16(3)12-21(20)23/h9-13,17H,1-8H3. The van der Waals surface area contributed by atoms with Gasteiger partial charge >= 0.3 is 0 Å². The summed E-state index contributed by atoms with van der Waals surface area (Å²) in [4.78, 5) is 0. The second kappa shape index (κ2) is 5.62. The number of benzene rings is 2. The second-order valence-electron chi connectivity index (χ2n) is 8.66. The molecular formula is C24H30. The molecule has 0 spiro atoms. The summed E-state index contributed by atoms with van der Waals surface area (Å²) >= 11 is 0. The van der Waals surface area contributed by atoms with Crippen LogP contribution in [0.2, 0.25) is 0 Å². The number of allylic oxidation sites excluding steroid dienone is 1. The van der Waals surface area contributed by atoms with Crippen LogP contribution in [0.4, 0.5) is 0 Å². The zero-order valence-corrected chi connectivity index (χ0v) is 16.5. The van der Waals surface area contributed by atoms with Crippen LogP contribution >= 0.6 is 0 Å². The number of aryl methyl sites for hydroxylation is 2. The molecule has 0 saturated carbocycles.